The SMILES string of the molecule is CCCn1cc(S(=O)(=O)NC2CCN(C)C2)cc1CN. The maximum absolute atomic E-state index is 12.4. The number of likely N-dealkylation sites (N-methyl/N-ethyl adjacent to an activating group) is 1. The third kappa shape index (κ3) is 3.41. The Labute approximate surface area is 121 Å². The van der Waals surface area contributed by atoms with Crippen molar-refractivity contribution in [2.24, 2.45) is 5.73 Å². The highest BCUT2D eigenvalue weighted by Gasteiger charge is 2.26. The molecule has 0 aromatic carbocycles. The molecule has 7 heteroatoms. The second-order valence-corrected chi connectivity index (χ2v) is 7.15. The van der Waals surface area contributed by atoms with Crippen LogP contribution in [-0.4, -0.2) is 44.1 Å². The Bertz CT molecular complexity index is 553. The minimum Gasteiger partial charge on any atom is -0.349 e. The van der Waals surface area contributed by atoms with Crippen LogP contribution in [0.1, 0.15) is 25.5 Å². The fourth-order valence-electron chi connectivity index (χ4n) is 2.61. The molecule has 20 heavy (non-hydrogen) atoms. The number of hydrogen-bond donors (Lipinski definition) is 2. The van der Waals surface area contributed by atoms with Crippen LogP contribution in [0.5, 0.6) is 0 Å². The van der Waals surface area contributed by atoms with E-state index < -0.39 is 10.0 Å². The van der Waals surface area contributed by atoms with Crippen LogP contribution in [-0.2, 0) is 23.1 Å². The molecular formula is C13H24N4O2S. The van der Waals surface area contributed by atoms with Crippen molar-refractivity contribution >= 4 is 10.0 Å². The number of aromatic nitrogens is 1. The number of aryl methyl sites for hydroxylation is 1. The van der Waals surface area contributed by atoms with Crippen molar-refractivity contribution in [2.75, 3.05) is 20.1 Å². The quantitative estimate of drug-likeness (QED) is 0.794. The molecule has 1 aromatic heterocycles. The summed E-state index contributed by atoms with van der Waals surface area (Å²) in [6, 6.07) is 1.68. The van der Waals surface area contributed by atoms with Crippen LogP contribution in [0.3, 0.4) is 0 Å². The van der Waals surface area contributed by atoms with Gasteiger partial charge in [0.15, 0.2) is 0 Å². The summed E-state index contributed by atoms with van der Waals surface area (Å²) < 4.78 is 29.5. The summed E-state index contributed by atoms with van der Waals surface area (Å²) in [5, 5.41) is 0. The second-order valence-electron chi connectivity index (χ2n) is 5.43. The Hall–Kier alpha value is -0.890. The Morgan fingerprint density at radius 1 is 1.50 bits per heavy atom. The lowest BCUT2D eigenvalue weighted by molar-refractivity contribution is 0.407. The zero-order chi connectivity index (χ0) is 14.8. The average molecular weight is 300 g/mol. The number of rotatable bonds is 6. The first-order valence-electron chi connectivity index (χ1n) is 7.06. The number of likely N-dealkylation sites (tertiary alicyclic amines) is 1. The monoisotopic (exact) mass is 300 g/mol. The van der Waals surface area contributed by atoms with Crippen LogP contribution in [0.4, 0.5) is 0 Å². The van der Waals surface area contributed by atoms with Crippen molar-refractivity contribution in [1.82, 2.24) is 14.2 Å². The van der Waals surface area contributed by atoms with E-state index in [-0.39, 0.29) is 6.04 Å². The topological polar surface area (TPSA) is 80.4 Å². The van der Waals surface area contributed by atoms with E-state index in [4.69, 9.17) is 5.73 Å². The van der Waals surface area contributed by atoms with Crippen molar-refractivity contribution < 1.29 is 8.42 Å². The molecule has 1 unspecified atom stereocenters. The van der Waals surface area contributed by atoms with Gasteiger partial charge in [-0.2, -0.15) is 0 Å². The summed E-state index contributed by atoms with van der Waals surface area (Å²) in [5.41, 5.74) is 6.53. The van der Waals surface area contributed by atoms with E-state index in [1.807, 2.05) is 11.6 Å². The van der Waals surface area contributed by atoms with Crippen LogP contribution in [0.25, 0.3) is 0 Å². The van der Waals surface area contributed by atoms with Crippen LogP contribution in [0.15, 0.2) is 17.2 Å². The molecule has 0 spiro atoms. The van der Waals surface area contributed by atoms with E-state index in [9.17, 15) is 8.42 Å². The van der Waals surface area contributed by atoms with Gasteiger partial charge >= 0.3 is 0 Å². The smallest absolute Gasteiger partial charge is 0.242 e. The molecule has 0 saturated carbocycles. The van der Waals surface area contributed by atoms with Crippen LogP contribution in [0.2, 0.25) is 0 Å². The largest absolute Gasteiger partial charge is 0.349 e. The third-order valence-corrected chi connectivity index (χ3v) is 5.15. The molecule has 3 N–H and O–H groups in total. The Morgan fingerprint density at radius 3 is 2.80 bits per heavy atom. The van der Waals surface area contributed by atoms with Gasteiger partial charge in [-0.15, -0.1) is 0 Å². The molecule has 2 rings (SSSR count). The summed E-state index contributed by atoms with van der Waals surface area (Å²) >= 11 is 0. The Morgan fingerprint density at radius 2 is 2.25 bits per heavy atom. The van der Waals surface area contributed by atoms with Gasteiger partial charge in [0.2, 0.25) is 10.0 Å². The highest BCUT2D eigenvalue weighted by Crippen LogP contribution is 2.17. The predicted molar refractivity (Wildman–Crippen MR) is 78.8 cm³/mol. The molecule has 1 aliphatic heterocycles. The lowest BCUT2D eigenvalue weighted by Gasteiger charge is -2.12. The molecule has 0 amide bonds. The lowest BCUT2D eigenvalue weighted by atomic mass is 10.3. The molecule has 1 aliphatic rings. The van der Waals surface area contributed by atoms with Gasteiger partial charge in [-0.1, -0.05) is 6.92 Å². The van der Waals surface area contributed by atoms with Gasteiger partial charge in [0, 0.05) is 37.6 Å². The van der Waals surface area contributed by atoms with Gasteiger partial charge in [-0.05, 0) is 32.5 Å². The molecule has 0 aliphatic carbocycles. The van der Waals surface area contributed by atoms with E-state index >= 15 is 0 Å². The first kappa shape index (κ1) is 15.5. The van der Waals surface area contributed by atoms with Crippen molar-refractivity contribution in [3.8, 4) is 0 Å². The average Bonchev–Trinajstić information content (AvgIpc) is 2.96. The number of nitrogens with two attached hydrogens (primary N) is 1. The summed E-state index contributed by atoms with van der Waals surface area (Å²) in [7, 11) is -1.45. The molecule has 6 nitrogen and oxygen atoms in total. The lowest BCUT2D eigenvalue weighted by Crippen LogP contribution is -2.36. The van der Waals surface area contributed by atoms with Crippen molar-refractivity contribution in [3.05, 3.63) is 18.0 Å². The zero-order valence-corrected chi connectivity index (χ0v) is 13.0. The highest BCUT2D eigenvalue weighted by molar-refractivity contribution is 7.89. The number of nitrogens with zero attached hydrogens (tertiary/aromatic N) is 2. The summed E-state index contributed by atoms with van der Waals surface area (Å²) in [6.07, 6.45) is 3.49. The molecule has 1 fully saturated rings. The van der Waals surface area contributed by atoms with Gasteiger partial charge in [-0.25, -0.2) is 13.1 Å². The van der Waals surface area contributed by atoms with Crippen molar-refractivity contribution in [2.45, 2.75) is 43.8 Å². The third-order valence-electron chi connectivity index (χ3n) is 3.66. The number of hydrogen-bond acceptors (Lipinski definition) is 4. The fourth-order valence-corrected chi connectivity index (χ4v) is 3.94. The molecule has 114 valence electrons. The minimum atomic E-state index is -3.45. The van der Waals surface area contributed by atoms with Gasteiger partial charge in [0.25, 0.3) is 0 Å². The van der Waals surface area contributed by atoms with E-state index in [1.54, 1.807) is 12.3 Å². The maximum atomic E-state index is 12.4. The zero-order valence-electron chi connectivity index (χ0n) is 12.2. The van der Waals surface area contributed by atoms with Gasteiger partial charge < -0.3 is 15.2 Å². The maximum Gasteiger partial charge on any atom is 0.242 e. The minimum absolute atomic E-state index is 0.000789. The van der Waals surface area contributed by atoms with E-state index in [0.29, 0.717) is 11.4 Å². The van der Waals surface area contributed by atoms with Crippen molar-refractivity contribution in [3.63, 3.8) is 0 Å². The Kier molecular flexibility index (Phi) is 4.85. The van der Waals surface area contributed by atoms with Gasteiger partial charge in [0.1, 0.15) is 0 Å². The molecule has 0 radical (unpaired) electrons. The highest BCUT2D eigenvalue weighted by atomic mass is 32.2. The van der Waals surface area contributed by atoms with Gasteiger partial charge in [-0.3, -0.25) is 0 Å². The van der Waals surface area contributed by atoms with Crippen LogP contribution >= 0.6 is 0 Å². The standard InChI is InChI=1S/C13H24N4O2S/c1-3-5-17-10-13(7-12(17)8-14)20(18,19)15-11-4-6-16(2)9-11/h7,10-11,15H,3-6,8-9,14H2,1-2H3. The molecule has 2 heterocycles. The first-order valence-corrected chi connectivity index (χ1v) is 8.54. The summed E-state index contributed by atoms with van der Waals surface area (Å²) in [5.74, 6) is 0. The first-order chi connectivity index (χ1) is 9.46. The van der Waals surface area contributed by atoms with Crippen LogP contribution in [0, 0.1) is 0 Å². The second kappa shape index (κ2) is 6.26. The van der Waals surface area contributed by atoms with E-state index in [0.717, 1.165) is 38.2 Å². The number of sulfonamides is 1. The fraction of sp³-hybridized carbons (Fsp3) is 0.692. The summed E-state index contributed by atoms with van der Waals surface area (Å²) in [6.45, 7) is 4.88. The Balaban J connectivity index is 2.16. The van der Waals surface area contributed by atoms with E-state index in [1.165, 1.54) is 0 Å². The molecule has 1 saturated heterocycles. The normalized spacial score (nSPS) is 20.6. The molecule has 1 atom stereocenters. The van der Waals surface area contributed by atoms with Crippen molar-refractivity contribution in [1.29, 1.82) is 0 Å². The van der Waals surface area contributed by atoms with Gasteiger partial charge in [0.05, 0.1) is 4.90 Å². The van der Waals surface area contributed by atoms with Crippen LogP contribution < -0.4 is 10.5 Å². The molecule has 1 aromatic rings. The predicted octanol–water partition coefficient (Wildman–Crippen LogP) is 0.339. The van der Waals surface area contributed by atoms with E-state index in [2.05, 4.69) is 16.5 Å². The molecule has 0 bridgehead atoms. The summed E-state index contributed by atoms with van der Waals surface area (Å²) in [4.78, 5) is 2.45. The molecular weight excluding hydrogens is 276 g/mol. The number of nitrogens with one attached hydrogen (secondary N) is 1.